The highest BCUT2D eigenvalue weighted by Crippen LogP contribution is 2.18. The van der Waals surface area contributed by atoms with E-state index in [9.17, 15) is 14.4 Å². The molecule has 0 aromatic rings. The van der Waals surface area contributed by atoms with Crippen molar-refractivity contribution in [3.63, 3.8) is 0 Å². The van der Waals surface area contributed by atoms with Crippen LogP contribution in [0.1, 0.15) is 324 Å². The van der Waals surface area contributed by atoms with Crippen LogP contribution in [0.3, 0.4) is 0 Å². The second-order valence-corrected chi connectivity index (χ2v) is 20.9. The number of esters is 3. The minimum atomic E-state index is -0.762. The predicted octanol–water partition coefficient (Wildman–Crippen LogP) is 18.9. The zero-order valence-corrected chi connectivity index (χ0v) is 43.9. The number of carbonyl (C=O) groups excluding carboxylic acids is 3. The Kier molecular flexibility index (Phi) is 49.6. The summed E-state index contributed by atoms with van der Waals surface area (Å²) in [5, 5.41) is 0. The molecule has 1 atom stereocenters. The second-order valence-electron chi connectivity index (χ2n) is 20.9. The summed E-state index contributed by atoms with van der Waals surface area (Å²) in [5.74, 6) is 0.833. The van der Waals surface area contributed by atoms with Crippen LogP contribution < -0.4 is 0 Å². The summed E-state index contributed by atoms with van der Waals surface area (Å²) >= 11 is 0. The minimum Gasteiger partial charge on any atom is -0.462 e. The van der Waals surface area contributed by atoms with Gasteiger partial charge in [0.05, 0.1) is 0 Å². The first-order valence-corrected chi connectivity index (χ1v) is 28.7. The first kappa shape index (κ1) is 62.4. The smallest absolute Gasteiger partial charge is 0.306 e. The molecule has 0 rings (SSSR count). The van der Waals surface area contributed by atoms with Gasteiger partial charge >= 0.3 is 17.9 Å². The maximum Gasteiger partial charge on any atom is 0.306 e. The van der Waals surface area contributed by atoms with Crippen LogP contribution in [0.25, 0.3) is 0 Å². The molecule has 64 heavy (non-hydrogen) atoms. The van der Waals surface area contributed by atoms with Gasteiger partial charge in [-0.1, -0.05) is 285 Å². The SMILES string of the molecule is CCCCCCCCCCCCCCCCCC(=O)OC[C@@H](COC(=O)CCCCCCCCCCCCCCCC(C)C)OC(=O)CCCCCCCCCCCCCCC(C)C. The van der Waals surface area contributed by atoms with Gasteiger partial charge in [0.25, 0.3) is 0 Å². The molecule has 0 aliphatic carbocycles. The number of rotatable bonds is 52. The molecule has 0 aliphatic heterocycles. The molecule has 0 N–H and O–H groups in total. The van der Waals surface area contributed by atoms with Gasteiger partial charge in [-0.25, -0.2) is 0 Å². The fourth-order valence-corrected chi connectivity index (χ4v) is 8.87. The van der Waals surface area contributed by atoms with Crippen molar-refractivity contribution < 1.29 is 28.6 Å². The van der Waals surface area contributed by atoms with Gasteiger partial charge in [0.1, 0.15) is 13.2 Å². The fourth-order valence-electron chi connectivity index (χ4n) is 8.87. The lowest BCUT2D eigenvalue weighted by molar-refractivity contribution is -0.167. The third-order valence-corrected chi connectivity index (χ3v) is 13.2. The number of carbonyl (C=O) groups is 3. The Hall–Kier alpha value is -1.59. The van der Waals surface area contributed by atoms with Crippen LogP contribution in [0.2, 0.25) is 0 Å². The van der Waals surface area contributed by atoms with Gasteiger partial charge in [0, 0.05) is 19.3 Å². The molecule has 0 unspecified atom stereocenters. The van der Waals surface area contributed by atoms with Crippen molar-refractivity contribution in [2.45, 2.75) is 330 Å². The standard InChI is InChI=1S/C58H112O6/c1-6-7-8-9-10-11-12-13-14-17-23-28-33-38-43-48-56(59)62-51-55(64-58(61)50-45-40-35-30-25-20-19-22-27-32-37-42-47-54(4)5)52-63-57(60)49-44-39-34-29-24-18-15-16-21-26-31-36-41-46-53(2)3/h53-55H,6-52H2,1-5H3/t55-/m0/s1. The molecule has 6 heteroatoms. The lowest BCUT2D eigenvalue weighted by Gasteiger charge is -2.18. The van der Waals surface area contributed by atoms with E-state index in [2.05, 4.69) is 34.6 Å². The van der Waals surface area contributed by atoms with Crippen molar-refractivity contribution in [3.8, 4) is 0 Å². The molecule has 380 valence electrons. The molecule has 0 aromatic heterocycles. The Bertz CT molecular complexity index is 978. The molecule has 0 aliphatic rings. The van der Waals surface area contributed by atoms with E-state index >= 15 is 0 Å². The van der Waals surface area contributed by atoms with Gasteiger partial charge in [0.2, 0.25) is 0 Å². The monoisotopic (exact) mass is 905 g/mol. The van der Waals surface area contributed by atoms with E-state index in [0.717, 1.165) is 69.6 Å². The van der Waals surface area contributed by atoms with Crippen molar-refractivity contribution in [2.24, 2.45) is 11.8 Å². The van der Waals surface area contributed by atoms with Crippen molar-refractivity contribution in [1.29, 1.82) is 0 Å². The molecule has 0 bridgehead atoms. The lowest BCUT2D eigenvalue weighted by Crippen LogP contribution is -2.30. The zero-order valence-electron chi connectivity index (χ0n) is 43.9. The highest BCUT2D eigenvalue weighted by molar-refractivity contribution is 5.71. The van der Waals surface area contributed by atoms with E-state index in [1.807, 2.05) is 0 Å². The summed E-state index contributed by atoms with van der Waals surface area (Å²) in [7, 11) is 0. The average molecular weight is 906 g/mol. The molecule has 0 spiro atoms. The van der Waals surface area contributed by atoms with Crippen LogP contribution in [0.5, 0.6) is 0 Å². The van der Waals surface area contributed by atoms with Gasteiger partial charge < -0.3 is 14.2 Å². The maximum absolute atomic E-state index is 12.8. The normalized spacial score (nSPS) is 12.0. The second kappa shape index (κ2) is 50.8. The summed E-state index contributed by atoms with van der Waals surface area (Å²) in [4.78, 5) is 38.1. The largest absolute Gasteiger partial charge is 0.462 e. The Balaban J connectivity index is 4.31. The summed E-state index contributed by atoms with van der Waals surface area (Å²) in [6.45, 7) is 11.4. The van der Waals surface area contributed by atoms with Crippen molar-refractivity contribution in [3.05, 3.63) is 0 Å². The van der Waals surface area contributed by atoms with E-state index in [4.69, 9.17) is 14.2 Å². The van der Waals surface area contributed by atoms with Gasteiger partial charge in [-0.2, -0.15) is 0 Å². The molecule has 6 nitrogen and oxygen atoms in total. The van der Waals surface area contributed by atoms with Crippen LogP contribution in [-0.2, 0) is 28.6 Å². The third-order valence-electron chi connectivity index (χ3n) is 13.2. The van der Waals surface area contributed by atoms with Crippen LogP contribution in [0.15, 0.2) is 0 Å². The Morgan fingerprint density at radius 2 is 0.516 bits per heavy atom. The lowest BCUT2D eigenvalue weighted by atomic mass is 10.0. The molecule has 0 saturated heterocycles. The fraction of sp³-hybridized carbons (Fsp3) is 0.948. The highest BCUT2D eigenvalue weighted by Gasteiger charge is 2.19. The number of unbranched alkanes of at least 4 members (excludes halogenated alkanes) is 37. The van der Waals surface area contributed by atoms with Crippen LogP contribution >= 0.6 is 0 Å². The molecule has 0 amide bonds. The molecule has 0 aromatic carbocycles. The number of ether oxygens (including phenoxy) is 3. The van der Waals surface area contributed by atoms with E-state index in [1.165, 1.54) is 212 Å². The quantitative estimate of drug-likeness (QED) is 0.0344. The highest BCUT2D eigenvalue weighted by atomic mass is 16.6. The van der Waals surface area contributed by atoms with Crippen LogP contribution in [0, 0.1) is 11.8 Å². The molecule has 0 radical (unpaired) electrons. The predicted molar refractivity (Wildman–Crippen MR) is 275 cm³/mol. The Morgan fingerprint density at radius 1 is 0.297 bits per heavy atom. The number of hydrogen-bond acceptors (Lipinski definition) is 6. The average Bonchev–Trinajstić information content (AvgIpc) is 3.27. The first-order valence-electron chi connectivity index (χ1n) is 28.7. The van der Waals surface area contributed by atoms with Gasteiger partial charge in [-0.05, 0) is 31.1 Å². The topological polar surface area (TPSA) is 78.9 Å². The first-order chi connectivity index (χ1) is 31.2. The molecular weight excluding hydrogens is 793 g/mol. The van der Waals surface area contributed by atoms with Gasteiger partial charge in [0.15, 0.2) is 6.10 Å². The molecular formula is C58H112O6. The Labute approximate surface area is 399 Å². The maximum atomic E-state index is 12.8. The van der Waals surface area contributed by atoms with Crippen LogP contribution in [0.4, 0.5) is 0 Å². The van der Waals surface area contributed by atoms with Crippen LogP contribution in [-0.4, -0.2) is 37.2 Å². The van der Waals surface area contributed by atoms with Crippen molar-refractivity contribution in [2.75, 3.05) is 13.2 Å². The number of hydrogen-bond donors (Lipinski definition) is 0. The minimum absolute atomic E-state index is 0.0627. The van der Waals surface area contributed by atoms with E-state index in [-0.39, 0.29) is 31.1 Å². The van der Waals surface area contributed by atoms with E-state index in [0.29, 0.717) is 19.3 Å². The third kappa shape index (κ3) is 51.4. The summed E-state index contributed by atoms with van der Waals surface area (Å²) in [6.07, 6.45) is 53.7. The summed E-state index contributed by atoms with van der Waals surface area (Å²) < 4.78 is 16.9. The van der Waals surface area contributed by atoms with Crippen molar-refractivity contribution in [1.82, 2.24) is 0 Å². The van der Waals surface area contributed by atoms with Gasteiger partial charge in [-0.3, -0.25) is 14.4 Å². The molecule has 0 fully saturated rings. The molecule has 0 heterocycles. The van der Waals surface area contributed by atoms with Gasteiger partial charge in [-0.15, -0.1) is 0 Å². The van der Waals surface area contributed by atoms with E-state index < -0.39 is 6.10 Å². The summed E-state index contributed by atoms with van der Waals surface area (Å²) in [5.41, 5.74) is 0. The van der Waals surface area contributed by atoms with Crippen molar-refractivity contribution >= 4 is 17.9 Å². The Morgan fingerprint density at radius 3 is 0.766 bits per heavy atom. The molecule has 0 saturated carbocycles. The summed E-state index contributed by atoms with van der Waals surface area (Å²) in [6, 6.07) is 0. The zero-order chi connectivity index (χ0) is 46.8. The van der Waals surface area contributed by atoms with E-state index in [1.54, 1.807) is 0 Å².